The van der Waals surface area contributed by atoms with Gasteiger partial charge in [-0.3, -0.25) is 0 Å². The van der Waals surface area contributed by atoms with Crippen molar-refractivity contribution < 1.29 is 24.5 Å². The maximum absolute atomic E-state index is 13.2. The third-order valence-corrected chi connectivity index (χ3v) is 9.72. The van der Waals surface area contributed by atoms with E-state index in [2.05, 4.69) is 26.8 Å². The van der Waals surface area contributed by atoms with Crippen molar-refractivity contribution in [1.29, 1.82) is 0 Å². The molecule has 0 radical (unpaired) electrons. The summed E-state index contributed by atoms with van der Waals surface area (Å²) in [6, 6.07) is 0. The Morgan fingerprint density at radius 3 is 2.69 bits per heavy atom. The number of allylic oxidation sites excluding steroid dienone is 1. The Bertz CT molecular complexity index is 844. The average Bonchev–Trinajstić information content (AvgIpc) is 3.16. The number of aliphatic hydroxyl groups is 2. The van der Waals surface area contributed by atoms with E-state index in [9.17, 15) is 15.0 Å². The van der Waals surface area contributed by atoms with Crippen LogP contribution in [0.15, 0.2) is 23.0 Å². The fourth-order valence-electron chi connectivity index (χ4n) is 8.16. The van der Waals surface area contributed by atoms with E-state index in [4.69, 9.17) is 9.47 Å². The molecular formula is C24H32O5. The Kier molecular flexibility index (Phi) is 3.61. The molecule has 0 aromatic rings. The van der Waals surface area contributed by atoms with Gasteiger partial charge in [0.15, 0.2) is 0 Å². The highest BCUT2D eigenvalue weighted by Gasteiger charge is 2.66. The zero-order valence-corrected chi connectivity index (χ0v) is 17.7. The van der Waals surface area contributed by atoms with Crippen LogP contribution >= 0.6 is 0 Å². The van der Waals surface area contributed by atoms with Crippen molar-refractivity contribution >= 4 is 5.97 Å². The highest BCUT2D eigenvalue weighted by atomic mass is 16.6. The number of aliphatic hydroxyl groups excluding tert-OH is 2. The molecule has 3 fully saturated rings. The summed E-state index contributed by atoms with van der Waals surface area (Å²) in [4.78, 5) is 13.2. The van der Waals surface area contributed by atoms with Crippen molar-refractivity contribution in [3.8, 4) is 0 Å². The standard InChI is InChI=1S/C24H32O5/c1-9-7-13-17(21(26)11(3)20(13)25)16-12(9)8-14-18(16)19-22-10(2)15(28-23(19)27)5-6-24(14,4)29-22/h7,10-18,20-21,25-26H,5-6,8H2,1-4H3/t10-,11+,12+,13-,14-,15+,16+,17+,18-,20+,21-,24+/m1/s1. The lowest BCUT2D eigenvalue weighted by atomic mass is 9.63. The van der Waals surface area contributed by atoms with Crippen molar-refractivity contribution in [2.75, 3.05) is 0 Å². The Balaban J connectivity index is 1.55. The summed E-state index contributed by atoms with van der Waals surface area (Å²) in [7, 11) is 0. The van der Waals surface area contributed by atoms with Gasteiger partial charge in [0.2, 0.25) is 0 Å². The van der Waals surface area contributed by atoms with E-state index in [0.29, 0.717) is 5.92 Å². The second kappa shape index (κ2) is 5.67. The number of fused-ring (bicyclic) bond motifs is 9. The first-order valence-electron chi connectivity index (χ1n) is 11.4. The molecule has 3 aliphatic heterocycles. The molecule has 0 aromatic carbocycles. The molecule has 1 saturated heterocycles. The molecule has 6 aliphatic rings. The van der Waals surface area contributed by atoms with Gasteiger partial charge in [0.1, 0.15) is 17.5 Å². The van der Waals surface area contributed by atoms with Gasteiger partial charge in [-0.05, 0) is 50.9 Å². The molecule has 0 amide bonds. The Hall–Kier alpha value is -1.33. The van der Waals surface area contributed by atoms with Gasteiger partial charge in [0.05, 0.1) is 23.7 Å². The minimum atomic E-state index is -0.543. The number of carbonyl (C=O) groups is 1. The van der Waals surface area contributed by atoms with E-state index >= 15 is 0 Å². The lowest BCUT2D eigenvalue weighted by Gasteiger charge is -2.48. The molecule has 12 atom stereocenters. The number of ether oxygens (including phenoxy) is 2. The monoisotopic (exact) mass is 400 g/mol. The van der Waals surface area contributed by atoms with Crippen LogP contribution in [0.3, 0.4) is 0 Å². The molecule has 5 nitrogen and oxygen atoms in total. The molecular weight excluding hydrogens is 368 g/mol. The maximum atomic E-state index is 13.2. The van der Waals surface area contributed by atoms with Crippen molar-refractivity contribution in [1.82, 2.24) is 0 Å². The molecule has 5 heteroatoms. The first kappa shape index (κ1) is 18.4. The molecule has 2 N–H and O–H groups in total. The summed E-state index contributed by atoms with van der Waals surface area (Å²) < 4.78 is 12.6. The zero-order chi connectivity index (χ0) is 20.4. The highest BCUT2D eigenvalue weighted by molar-refractivity contribution is 5.91. The number of carbonyl (C=O) groups excluding carboxylic acids is 1. The minimum Gasteiger partial charge on any atom is -0.491 e. The Labute approximate surface area is 172 Å². The van der Waals surface area contributed by atoms with E-state index in [-0.39, 0.29) is 59.1 Å². The van der Waals surface area contributed by atoms with Gasteiger partial charge in [-0.1, -0.05) is 25.5 Å². The lowest BCUT2D eigenvalue weighted by Crippen LogP contribution is -2.49. The topological polar surface area (TPSA) is 76.0 Å². The Morgan fingerprint density at radius 2 is 1.93 bits per heavy atom. The van der Waals surface area contributed by atoms with Gasteiger partial charge in [-0.25, -0.2) is 4.79 Å². The third-order valence-electron chi connectivity index (χ3n) is 9.72. The zero-order valence-electron chi connectivity index (χ0n) is 17.7. The molecule has 158 valence electrons. The quantitative estimate of drug-likeness (QED) is 0.483. The van der Waals surface area contributed by atoms with Crippen LogP contribution in [-0.4, -0.2) is 40.1 Å². The van der Waals surface area contributed by atoms with Crippen molar-refractivity contribution in [3.05, 3.63) is 23.0 Å². The molecule has 0 aromatic heterocycles. The number of rotatable bonds is 0. The molecule has 29 heavy (non-hydrogen) atoms. The normalized spacial score (nSPS) is 57.4. The van der Waals surface area contributed by atoms with Crippen LogP contribution in [0.25, 0.3) is 0 Å². The van der Waals surface area contributed by atoms with Gasteiger partial charge in [-0.15, -0.1) is 0 Å². The van der Waals surface area contributed by atoms with Crippen LogP contribution in [0.2, 0.25) is 0 Å². The summed E-state index contributed by atoms with van der Waals surface area (Å²) in [5, 5.41) is 22.0. The molecule has 3 bridgehead atoms. The molecule has 0 unspecified atom stereocenters. The smallest absolute Gasteiger partial charge is 0.338 e. The van der Waals surface area contributed by atoms with Gasteiger partial charge < -0.3 is 19.7 Å². The lowest BCUT2D eigenvalue weighted by molar-refractivity contribution is -0.154. The van der Waals surface area contributed by atoms with Crippen molar-refractivity contribution in [3.63, 3.8) is 0 Å². The van der Waals surface area contributed by atoms with E-state index in [1.165, 1.54) is 5.57 Å². The second-order valence-electron chi connectivity index (χ2n) is 10.9. The third kappa shape index (κ3) is 2.11. The number of hydrogen-bond donors (Lipinski definition) is 2. The molecule has 3 aliphatic carbocycles. The van der Waals surface area contributed by atoms with Gasteiger partial charge >= 0.3 is 5.97 Å². The van der Waals surface area contributed by atoms with Crippen LogP contribution in [0.4, 0.5) is 0 Å². The summed E-state index contributed by atoms with van der Waals surface area (Å²) in [5.41, 5.74) is 1.77. The average molecular weight is 401 g/mol. The van der Waals surface area contributed by atoms with E-state index in [0.717, 1.165) is 30.6 Å². The van der Waals surface area contributed by atoms with Crippen molar-refractivity contribution in [2.45, 2.75) is 70.9 Å². The summed E-state index contributed by atoms with van der Waals surface area (Å²) in [5.74, 6) is 1.34. The van der Waals surface area contributed by atoms with Crippen LogP contribution in [0, 0.1) is 47.3 Å². The number of esters is 1. The number of hydrogen-bond acceptors (Lipinski definition) is 5. The van der Waals surface area contributed by atoms with Gasteiger partial charge in [0.25, 0.3) is 0 Å². The molecule has 0 spiro atoms. The predicted octanol–water partition coefficient (Wildman–Crippen LogP) is 2.82. The van der Waals surface area contributed by atoms with Crippen molar-refractivity contribution in [2.24, 2.45) is 47.3 Å². The first-order chi connectivity index (χ1) is 13.7. The largest absolute Gasteiger partial charge is 0.491 e. The van der Waals surface area contributed by atoms with E-state index < -0.39 is 12.2 Å². The van der Waals surface area contributed by atoms with E-state index in [1.807, 2.05) is 6.92 Å². The fourth-order valence-corrected chi connectivity index (χ4v) is 8.16. The van der Waals surface area contributed by atoms with Crippen LogP contribution in [0.1, 0.15) is 47.0 Å². The summed E-state index contributed by atoms with van der Waals surface area (Å²) in [6.07, 6.45) is 3.79. The Morgan fingerprint density at radius 1 is 1.17 bits per heavy atom. The molecule has 6 rings (SSSR count). The highest BCUT2D eigenvalue weighted by Crippen LogP contribution is 2.66. The predicted molar refractivity (Wildman–Crippen MR) is 105 cm³/mol. The summed E-state index contributed by atoms with van der Waals surface area (Å²) >= 11 is 0. The first-order valence-corrected chi connectivity index (χ1v) is 11.4. The van der Waals surface area contributed by atoms with Crippen LogP contribution in [-0.2, 0) is 14.3 Å². The SMILES string of the molecule is CC1=C[C@H]2[C@@H](O)[C@H](C)[C@@H](O)[C@@H]2[C@H]2[C@@H]3C4=C5O[C@@](C)(CC[C@H](OC4=O)[C@H]5C)[C@@H]3C[C@@H]12. The van der Waals surface area contributed by atoms with Crippen LogP contribution in [0.5, 0.6) is 0 Å². The fraction of sp³-hybridized carbons (Fsp3) is 0.792. The van der Waals surface area contributed by atoms with Gasteiger partial charge in [-0.2, -0.15) is 0 Å². The maximum Gasteiger partial charge on any atom is 0.338 e. The minimum absolute atomic E-state index is 0.0126. The molecule has 2 saturated carbocycles. The van der Waals surface area contributed by atoms with Crippen LogP contribution < -0.4 is 0 Å². The summed E-state index contributed by atoms with van der Waals surface area (Å²) in [6.45, 7) is 8.47. The second-order valence-corrected chi connectivity index (χ2v) is 10.9. The van der Waals surface area contributed by atoms with E-state index in [1.54, 1.807) is 0 Å². The molecule has 3 heterocycles. The van der Waals surface area contributed by atoms with Gasteiger partial charge in [0, 0.05) is 23.7 Å².